The molecular weight excluding hydrogens is 821 g/mol. The Kier molecular flexibility index (Phi) is 7.92. The molecule has 0 N–H and O–H groups in total. The Morgan fingerprint density at radius 1 is 0.448 bits per heavy atom. The molecule has 14 rings (SSSR count). The lowest BCUT2D eigenvalue weighted by Crippen LogP contribution is -2.10. The monoisotopic (exact) mass is 858 g/mol. The first-order chi connectivity index (χ1) is 33.1. The van der Waals surface area contributed by atoms with Crippen LogP contribution in [-0.4, -0.2) is 33.2 Å². The topological polar surface area (TPSA) is 82.2 Å². The fourth-order valence-corrected chi connectivity index (χ4v) is 10.8. The van der Waals surface area contributed by atoms with E-state index in [0.29, 0.717) is 29.2 Å². The molecule has 1 aliphatic rings. The van der Waals surface area contributed by atoms with Crippen molar-refractivity contribution >= 4 is 82.4 Å². The van der Waals surface area contributed by atoms with Gasteiger partial charge in [0.2, 0.25) is 11.9 Å². The minimum absolute atomic E-state index is 0.446. The molecule has 5 aromatic heterocycles. The predicted octanol–water partition coefficient (Wildman–Crippen LogP) is 13.9. The zero-order chi connectivity index (χ0) is 44.3. The molecule has 0 saturated carbocycles. The fourth-order valence-electron chi connectivity index (χ4n) is 10.8. The van der Waals surface area contributed by atoms with Gasteiger partial charge in [0, 0.05) is 65.9 Å². The maximum Gasteiger partial charge on any atom is 0.240 e. The van der Waals surface area contributed by atoms with Crippen LogP contribution in [0.3, 0.4) is 0 Å². The second-order valence-corrected chi connectivity index (χ2v) is 17.7. The molecule has 5 heterocycles. The Morgan fingerprint density at radius 3 is 1.40 bits per heavy atom. The molecule has 0 fully saturated rings. The maximum atomic E-state index is 9.72. The van der Waals surface area contributed by atoms with Crippen LogP contribution in [0.2, 0.25) is 0 Å². The molecule has 0 spiro atoms. The van der Waals surface area contributed by atoms with Gasteiger partial charge >= 0.3 is 0 Å². The molecule has 67 heavy (non-hydrogen) atoms. The molecule has 0 radical (unpaired) electrons. The summed E-state index contributed by atoms with van der Waals surface area (Å²) in [4.78, 5) is 16.0. The average Bonchev–Trinajstić information content (AvgIpc) is 4.10. The number of rotatable bonds is 5. The van der Waals surface area contributed by atoms with E-state index in [-0.39, 0.29) is 0 Å². The number of para-hydroxylation sites is 5. The third kappa shape index (κ3) is 5.49. The smallest absolute Gasteiger partial charge is 0.240 e. The molecule has 0 saturated heterocycles. The quantitative estimate of drug-likeness (QED) is 0.173. The van der Waals surface area contributed by atoms with E-state index in [1.54, 1.807) is 0 Å². The molecule has 1 aliphatic carbocycles. The van der Waals surface area contributed by atoms with E-state index in [2.05, 4.69) is 201 Å². The van der Waals surface area contributed by atoms with Crippen LogP contribution < -0.4 is 0 Å². The molecule has 1 unspecified atom stereocenters. The van der Waals surface area contributed by atoms with Crippen molar-refractivity contribution in [2.45, 2.75) is 13.3 Å². The molecule has 0 aliphatic heterocycles. The van der Waals surface area contributed by atoms with Crippen LogP contribution in [0.15, 0.2) is 188 Å². The summed E-state index contributed by atoms with van der Waals surface area (Å²) in [6.07, 6.45) is 5.60. The van der Waals surface area contributed by atoms with Crippen LogP contribution >= 0.6 is 0 Å². The maximum absolute atomic E-state index is 9.72. The average molecular weight is 859 g/mol. The van der Waals surface area contributed by atoms with Gasteiger partial charge in [-0.3, -0.25) is 9.13 Å². The Morgan fingerprint density at radius 2 is 0.881 bits per heavy atom. The third-order valence-electron chi connectivity index (χ3n) is 13.8. The van der Waals surface area contributed by atoms with Crippen LogP contribution in [0.25, 0.3) is 117 Å². The van der Waals surface area contributed by atoms with Gasteiger partial charge in [0.1, 0.15) is 0 Å². The van der Waals surface area contributed by atoms with Gasteiger partial charge in [0.05, 0.1) is 50.2 Å². The number of hydrogen-bond acceptors (Lipinski definition) is 4. The summed E-state index contributed by atoms with van der Waals surface area (Å²) in [7, 11) is 0. The molecule has 13 aromatic rings. The first kappa shape index (κ1) is 37.3. The summed E-state index contributed by atoms with van der Waals surface area (Å²) in [5.41, 5.74) is 13.7. The summed E-state index contributed by atoms with van der Waals surface area (Å²) >= 11 is 0. The standard InChI is InChI=1S/C59H38N8/c1-36-22-29-46-43-14-4-9-19-51(43)65(56(46)32-36)40-28-31-55-48(34-40)45-16-6-11-21-53(45)67(55)59-62-57(38-25-23-37(35-60)24-26-38)61-58(63-59)66-52-20-10-5-15-44(52)47-33-39(27-30-54(47)66)64-49-17-7-2-12-41(49)42-13-3-8-18-50(42)64/h2-31,33-34,36H,32H2,1H3. The van der Waals surface area contributed by atoms with Crippen LogP contribution in [0.5, 0.6) is 0 Å². The van der Waals surface area contributed by atoms with Crippen LogP contribution in [0.4, 0.5) is 0 Å². The Bertz CT molecular complexity index is 4230. The lowest BCUT2D eigenvalue weighted by molar-refractivity contribution is 0.691. The van der Waals surface area contributed by atoms with E-state index in [1.165, 1.54) is 32.9 Å². The highest BCUT2D eigenvalue weighted by Crippen LogP contribution is 2.40. The fraction of sp³-hybridized carbons (Fsp3) is 0.0508. The molecule has 1 atom stereocenters. The van der Waals surface area contributed by atoms with Crippen molar-refractivity contribution in [1.82, 2.24) is 33.2 Å². The van der Waals surface area contributed by atoms with Crippen molar-refractivity contribution in [2.24, 2.45) is 5.92 Å². The van der Waals surface area contributed by atoms with Gasteiger partial charge in [-0.1, -0.05) is 110 Å². The SMILES string of the molecule is CC1C=Cc2c(n(-c3ccc4c(c3)c3ccccc3n4-c3nc(-c4ccc(C#N)cc4)nc(-n4c5ccccc5c5cc(-n6c7ccccc7c7ccccc76)ccc54)n3)c3ccccc23)C1. The van der Waals surface area contributed by atoms with Crippen LogP contribution in [0.1, 0.15) is 23.7 Å². The van der Waals surface area contributed by atoms with E-state index in [4.69, 9.17) is 15.0 Å². The van der Waals surface area contributed by atoms with Crippen molar-refractivity contribution in [3.05, 3.63) is 205 Å². The first-order valence-electron chi connectivity index (χ1n) is 22.7. The zero-order valence-electron chi connectivity index (χ0n) is 36.3. The Balaban J connectivity index is 1.01. The minimum Gasteiger partial charge on any atom is -0.313 e. The van der Waals surface area contributed by atoms with Crippen molar-refractivity contribution in [2.75, 3.05) is 0 Å². The molecule has 8 aromatic carbocycles. The summed E-state index contributed by atoms with van der Waals surface area (Å²) in [6.45, 7) is 2.29. The first-order valence-corrected chi connectivity index (χ1v) is 22.7. The van der Waals surface area contributed by atoms with Crippen molar-refractivity contribution in [3.63, 3.8) is 0 Å². The molecule has 8 heteroatoms. The number of nitrogens with zero attached hydrogens (tertiary/aromatic N) is 8. The molecule has 314 valence electrons. The number of hydrogen-bond donors (Lipinski definition) is 0. The van der Waals surface area contributed by atoms with Gasteiger partial charge in [-0.2, -0.15) is 20.2 Å². The minimum atomic E-state index is 0.446. The number of allylic oxidation sites excluding steroid dienone is 1. The predicted molar refractivity (Wildman–Crippen MR) is 272 cm³/mol. The van der Waals surface area contributed by atoms with E-state index in [1.807, 2.05) is 24.3 Å². The van der Waals surface area contributed by atoms with Crippen LogP contribution in [0, 0.1) is 17.2 Å². The van der Waals surface area contributed by atoms with Gasteiger partial charge in [-0.05, 0) is 103 Å². The van der Waals surface area contributed by atoms with Crippen molar-refractivity contribution in [1.29, 1.82) is 5.26 Å². The molecule has 8 nitrogen and oxygen atoms in total. The van der Waals surface area contributed by atoms with Crippen molar-refractivity contribution in [3.8, 4) is 40.7 Å². The van der Waals surface area contributed by atoms with E-state index in [9.17, 15) is 5.26 Å². The molecule has 0 amide bonds. The highest BCUT2D eigenvalue weighted by atomic mass is 15.3. The molecular formula is C59H38N8. The summed E-state index contributed by atoms with van der Waals surface area (Å²) < 4.78 is 9.16. The highest BCUT2D eigenvalue weighted by molar-refractivity contribution is 6.13. The zero-order valence-corrected chi connectivity index (χ0v) is 36.3. The number of nitriles is 1. The second-order valence-electron chi connectivity index (χ2n) is 17.7. The Labute approximate surface area is 384 Å². The number of fused-ring (bicyclic) bond motifs is 12. The lowest BCUT2D eigenvalue weighted by atomic mass is 9.95. The van der Waals surface area contributed by atoms with Crippen LogP contribution in [-0.2, 0) is 6.42 Å². The Hall–Kier alpha value is -9.06. The molecule has 0 bridgehead atoms. The summed E-state index contributed by atoms with van der Waals surface area (Å²) in [5.74, 6) is 1.95. The van der Waals surface area contributed by atoms with Gasteiger partial charge in [-0.15, -0.1) is 0 Å². The highest BCUT2D eigenvalue weighted by Gasteiger charge is 2.24. The van der Waals surface area contributed by atoms with E-state index < -0.39 is 0 Å². The normalized spacial score (nSPS) is 13.8. The van der Waals surface area contributed by atoms with Crippen molar-refractivity contribution < 1.29 is 0 Å². The number of aromatic nitrogens is 7. The lowest BCUT2D eigenvalue weighted by Gasteiger charge is -2.17. The van der Waals surface area contributed by atoms with Gasteiger partial charge in [0.25, 0.3) is 0 Å². The largest absolute Gasteiger partial charge is 0.313 e. The number of benzene rings is 8. The van der Waals surface area contributed by atoms with E-state index >= 15 is 0 Å². The van der Waals surface area contributed by atoms with E-state index in [0.717, 1.165) is 78.0 Å². The summed E-state index contributed by atoms with van der Waals surface area (Å²) in [5, 5.41) is 17.8. The third-order valence-corrected chi connectivity index (χ3v) is 13.8. The van der Waals surface area contributed by atoms with Gasteiger partial charge in [-0.25, -0.2) is 0 Å². The summed E-state index contributed by atoms with van der Waals surface area (Å²) in [6, 6.07) is 66.2. The van der Waals surface area contributed by atoms with Gasteiger partial charge < -0.3 is 9.13 Å². The van der Waals surface area contributed by atoms with Gasteiger partial charge in [0.15, 0.2) is 5.82 Å². The second kappa shape index (κ2) is 14.2.